The van der Waals surface area contributed by atoms with Crippen LogP contribution in [0.5, 0.6) is 5.75 Å². The standard InChI is InChI=1S/C24H25N3O3/c1-15(2)30-24(28)26-18-11-20-19-10-16(13-25)8-9-21(19)27(22(20)12-18)14-17-6-4-5-7-23(17)29-3/h4-10,15,18H,11-12,14H2,1-3H3,(H,26,28). The number of carbonyl (C=O) groups excluding carboxylic acids is 1. The monoisotopic (exact) mass is 403 g/mol. The predicted octanol–water partition coefficient (Wildman–Crippen LogP) is 4.17. The molecule has 30 heavy (non-hydrogen) atoms. The first kappa shape index (κ1) is 19.8. The van der Waals surface area contributed by atoms with Crippen LogP contribution in [0.4, 0.5) is 4.79 Å². The zero-order valence-corrected chi connectivity index (χ0v) is 17.4. The Hall–Kier alpha value is -3.46. The van der Waals surface area contributed by atoms with Crippen LogP contribution >= 0.6 is 0 Å². The van der Waals surface area contributed by atoms with Gasteiger partial charge < -0.3 is 19.4 Å². The summed E-state index contributed by atoms with van der Waals surface area (Å²) in [5.41, 5.74) is 5.18. The van der Waals surface area contributed by atoms with Crippen molar-refractivity contribution in [3.63, 3.8) is 0 Å². The molecule has 0 fully saturated rings. The molecule has 6 nitrogen and oxygen atoms in total. The van der Waals surface area contributed by atoms with Gasteiger partial charge in [0.15, 0.2) is 0 Å². The number of nitrogens with one attached hydrogen (secondary N) is 1. The Labute approximate surface area is 176 Å². The Kier molecular flexibility index (Phi) is 5.37. The first-order valence-electron chi connectivity index (χ1n) is 10.1. The lowest BCUT2D eigenvalue weighted by molar-refractivity contribution is 0.112. The summed E-state index contributed by atoms with van der Waals surface area (Å²) in [5.74, 6) is 0.843. The van der Waals surface area contributed by atoms with Crippen molar-refractivity contribution in [2.75, 3.05) is 7.11 Å². The van der Waals surface area contributed by atoms with Crippen molar-refractivity contribution in [3.8, 4) is 11.8 Å². The van der Waals surface area contributed by atoms with Crippen molar-refractivity contribution in [2.24, 2.45) is 0 Å². The van der Waals surface area contributed by atoms with E-state index >= 15 is 0 Å². The molecule has 1 aromatic heterocycles. The number of rotatable bonds is 5. The highest BCUT2D eigenvalue weighted by Crippen LogP contribution is 2.35. The van der Waals surface area contributed by atoms with Gasteiger partial charge in [-0.05, 0) is 50.1 Å². The maximum absolute atomic E-state index is 12.1. The number of hydrogen-bond acceptors (Lipinski definition) is 4. The number of nitrogens with zero attached hydrogens (tertiary/aromatic N) is 2. The van der Waals surface area contributed by atoms with Gasteiger partial charge in [0.1, 0.15) is 5.75 Å². The zero-order chi connectivity index (χ0) is 21.3. The molecule has 0 bridgehead atoms. The minimum Gasteiger partial charge on any atom is -0.496 e. The van der Waals surface area contributed by atoms with Crippen molar-refractivity contribution in [1.82, 2.24) is 9.88 Å². The van der Waals surface area contributed by atoms with E-state index in [4.69, 9.17) is 9.47 Å². The Morgan fingerprint density at radius 1 is 1.27 bits per heavy atom. The molecule has 2 aromatic carbocycles. The van der Waals surface area contributed by atoms with Crippen LogP contribution in [0.15, 0.2) is 42.5 Å². The van der Waals surface area contributed by atoms with E-state index in [-0.39, 0.29) is 12.1 Å². The highest BCUT2D eigenvalue weighted by molar-refractivity contribution is 5.88. The van der Waals surface area contributed by atoms with E-state index in [1.807, 2.05) is 50.2 Å². The van der Waals surface area contributed by atoms with Crippen molar-refractivity contribution < 1.29 is 14.3 Å². The SMILES string of the molecule is COc1ccccc1Cn1c2c(c3cc(C#N)ccc31)CC(NC(=O)OC(C)C)C2. The first-order chi connectivity index (χ1) is 14.5. The van der Waals surface area contributed by atoms with Gasteiger partial charge in [-0.15, -0.1) is 0 Å². The molecule has 154 valence electrons. The Bertz CT molecular complexity index is 1140. The molecular weight excluding hydrogens is 378 g/mol. The van der Waals surface area contributed by atoms with Gasteiger partial charge in [0, 0.05) is 34.6 Å². The number of benzene rings is 2. The molecule has 1 aliphatic rings. The van der Waals surface area contributed by atoms with E-state index in [1.165, 1.54) is 11.3 Å². The number of amides is 1. The highest BCUT2D eigenvalue weighted by Gasteiger charge is 2.30. The number of fused-ring (bicyclic) bond motifs is 3. The van der Waals surface area contributed by atoms with Gasteiger partial charge >= 0.3 is 6.09 Å². The van der Waals surface area contributed by atoms with Crippen LogP contribution in [-0.2, 0) is 24.1 Å². The summed E-state index contributed by atoms with van der Waals surface area (Å²) in [6.45, 7) is 4.33. The van der Waals surface area contributed by atoms with E-state index in [0.29, 0.717) is 24.9 Å². The summed E-state index contributed by atoms with van der Waals surface area (Å²) in [5, 5.41) is 13.4. The van der Waals surface area contributed by atoms with Crippen molar-refractivity contribution in [2.45, 2.75) is 45.4 Å². The highest BCUT2D eigenvalue weighted by atomic mass is 16.6. The molecule has 1 amide bonds. The quantitative estimate of drug-likeness (QED) is 0.694. The van der Waals surface area contributed by atoms with Crippen molar-refractivity contribution in [3.05, 3.63) is 64.8 Å². The number of hydrogen-bond donors (Lipinski definition) is 1. The summed E-state index contributed by atoms with van der Waals surface area (Å²) in [6, 6.07) is 16.0. The number of alkyl carbamates (subject to hydrolysis) is 1. The van der Waals surface area contributed by atoms with Gasteiger partial charge in [-0.1, -0.05) is 18.2 Å². The maximum atomic E-state index is 12.1. The molecule has 0 spiro atoms. The number of nitriles is 1. The van der Waals surface area contributed by atoms with E-state index < -0.39 is 6.09 Å². The second kappa shape index (κ2) is 8.11. The van der Waals surface area contributed by atoms with Crippen molar-refractivity contribution >= 4 is 17.0 Å². The fraction of sp³-hybridized carbons (Fsp3) is 0.333. The summed E-state index contributed by atoms with van der Waals surface area (Å²) in [4.78, 5) is 12.1. The van der Waals surface area contributed by atoms with E-state index in [0.717, 1.165) is 22.2 Å². The largest absolute Gasteiger partial charge is 0.496 e. The molecule has 3 aromatic rings. The third kappa shape index (κ3) is 3.71. The lowest BCUT2D eigenvalue weighted by atomic mass is 10.1. The molecule has 6 heteroatoms. The number of methoxy groups -OCH3 is 1. The molecule has 1 aliphatic carbocycles. The minimum absolute atomic E-state index is 0.0275. The molecule has 0 saturated heterocycles. The Morgan fingerprint density at radius 2 is 2.07 bits per heavy atom. The second-order valence-corrected chi connectivity index (χ2v) is 7.87. The van der Waals surface area contributed by atoms with E-state index in [9.17, 15) is 10.1 Å². The molecular formula is C24H25N3O3. The number of para-hydroxylation sites is 1. The summed E-state index contributed by atoms with van der Waals surface area (Å²) in [6.07, 6.45) is 0.881. The first-order valence-corrected chi connectivity index (χ1v) is 10.1. The maximum Gasteiger partial charge on any atom is 0.407 e. The van der Waals surface area contributed by atoms with Crippen LogP contribution in [0.1, 0.15) is 36.2 Å². The van der Waals surface area contributed by atoms with Crippen LogP contribution in [0.2, 0.25) is 0 Å². The molecule has 4 rings (SSSR count). The molecule has 0 radical (unpaired) electrons. The zero-order valence-electron chi connectivity index (χ0n) is 17.4. The molecule has 0 aliphatic heterocycles. The normalized spacial score (nSPS) is 15.1. The van der Waals surface area contributed by atoms with Crippen LogP contribution in [0.25, 0.3) is 10.9 Å². The van der Waals surface area contributed by atoms with Crippen LogP contribution < -0.4 is 10.1 Å². The molecule has 1 unspecified atom stereocenters. The van der Waals surface area contributed by atoms with Gasteiger partial charge in [0.2, 0.25) is 0 Å². The van der Waals surface area contributed by atoms with E-state index in [2.05, 4.69) is 22.0 Å². The van der Waals surface area contributed by atoms with Crippen LogP contribution in [0.3, 0.4) is 0 Å². The van der Waals surface area contributed by atoms with Gasteiger partial charge in [-0.25, -0.2) is 4.79 Å². The number of ether oxygens (including phenoxy) is 2. The molecule has 1 atom stereocenters. The number of aromatic nitrogens is 1. The average Bonchev–Trinajstić information content (AvgIpc) is 3.25. The third-order valence-electron chi connectivity index (χ3n) is 5.49. The summed E-state index contributed by atoms with van der Waals surface area (Å²) in [7, 11) is 1.68. The summed E-state index contributed by atoms with van der Waals surface area (Å²) >= 11 is 0. The molecule has 1 heterocycles. The van der Waals surface area contributed by atoms with Gasteiger partial charge in [0.25, 0.3) is 0 Å². The Morgan fingerprint density at radius 3 is 2.80 bits per heavy atom. The summed E-state index contributed by atoms with van der Waals surface area (Å²) < 4.78 is 13.1. The fourth-order valence-electron chi connectivity index (χ4n) is 4.26. The minimum atomic E-state index is -0.390. The van der Waals surface area contributed by atoms with Gasteiger partial charge in [-0.2, -0.15) is 5.26 Å². The Balaban J connectivity index is 1.72. The predicted molar refractivity (Wildman–Crippen MR) is 115 cm³/mol. The fourth-order valence-corrected chi connectivity index (χ4v) is 4.26. The lowest BCUT2D eigenvalue weighted by Gasteiger charge is -2.16. The molecule has 0 saturated carbocycles. The molecule has 1 N–H and O–H groups in total. The van der Waals surface area contributed by atoms with Gasteiger partial charge in [-0.3, -0.25) is 0 Å². The van der Waals surface area contributed by atoms with Crippen LogP contribution in [0, 0.1) is 11.3 Å². The smallest absolute Gasteiger partial charge is 0.407 e. The van der Waals surface area contributed by atoms with Gasteiger partial charge in [0.05, 0.1) is 31.4 Å². The lowest BCUT2D eigenvalue weighted by Crippen LogP contribution is -2.37. The average molecular weight is 403 g/mol. The number of carbonyl (C=O) groups is 1. The second-order valence-electron chi connectivity index (χ2n) is 7.87. The van der Waals surface area contributed by atoms with E-state index in [1.54, 1.807) is 7.11 Å². The van der Waals surface area contributed by atoms with Crippen LogP contribution in [-0.4, -0.2) is 29.9 Å². The topological polar surface area (TPSA) is 76.3 Å². The third-order valence-corrected chi connectivity index (χ3v) is 5.49. The van der Waals surface area contributed by atoms with Crippen molar-refractivity contribution in [1.29, 1.82) is 5.26 Å².